The van der Waals surface area contributed by atoms with E-state index in [0.29, 0.717) is 18.6 Å². The minimum atomic E-state index is -1.06. The second-order valence-corrected chi connectivity index (χ2v) is 14.3. The molecule has 1 saturated heterocycles. The van der Waals surface area contributed by atoms with Gasteiger partial charge in [-0.1, -0.05) is 20.3 Å². The molecule has 2 heterocycles. The van der Waals surface area contributed by atoms with Crippen LogP contribution in [-0.2, 0) is 38.4 Å². The van der Waals surface area contributed by atoms with Crippen molar-refractivity contribution in [3.8, 4) is 0 Å². The fourth-order valence-electron chi connectivity index (χ4n) is 6.05. The minimum absolute atomic E-state index is 0. The molecule has 2 aliphatic heterocycles. The average molecular weight is 927 g/mol. The molecule has 54 heavy (non-hydrogen) atoms. The van der Waals surface area contributed by atoms with E-state index in [1.54, 1.807) is 19.6 Å². The van der Waals surface area contributed by atoms with Crippen LogP contribution in [0.5, 0.6) is 0 Å². The van der Waals surface area contributed by atoms with E-state index in [2.05, 4.69) is 10.6 Å². The van der Waals surface area contributed by atoms with E-state index in [1.165, 1.54) is 11.8 Å². The first kappa shape index (κ1) is 49.4. The summed E-state index contributed by atoms with van der Waals surface area (Å²) in [6.45, 7) is 4.63. The molecule has 0 aromatic heterocycles. The number of ketones is 1. The van der Waals surface area contributed by atoms with Gasteiger partial charge < -0.3 is 26.0 Å². The third-order valence-electron chi connectivity index (χ3n) is 9.33. The van der Waals surface area contributed by atoms with Gasteiger partial charge in [-0.15, -0.1) is 0 Å². The molecule has 0 bridgehead atoms. The second-order valence-electron chi connectivity index (χ2n) is 13.3. The Bertz CT molecular complexity index is 1290. The number of carbonyl (C=O) groups excluding carboxylic acids is 5. The van der Waals surface area contributed by atoms with Gasteiger partial charge in [0.2, 0.25) is 11.8 Å². The molecule has 0 radical (unpaired) electrons. The molecule has 1 fully saturated rings. The minimum Gasteiger partial charge on any atom is -0.480 e. The maximum atomic E-state index is 13.7. The molecule has 20 heteroatoms. The first-order chi connectivity index (χ1) is 25.1. The molecular formula is C34H55GdN7O11S. The Kier molecular flexibility index (Phi) is 24.1. The van der Waals surface area contributed by atoms with Crippen LogP contribution < -0.4 is 10.6 Å². The molecular weight excluding hydrogens is 872 g/mol. The van der Waals surface area contributed by atoms with Gasteiger partial charge in [-0.25, -0.2) is 0 Å². The molecule has 2 aliphatic rings. The summed E-state index contributed by atoms with van der Waals surface area (Å²) in [6, 6.07) is -0.889. The van der Waals surface area contributed by atoms with Crippen LogP contribution in [0.25, 0.3) is 0 Å². The molecule has 3 atom stereocenters. The smallest absolute Gasteiger partial charge is 0.317 e. The van der Waals surface area contributed by atoms with Crippen LogP contribution in [0.1, 0.15) is 33.1 Å². The van der Waals surface area contributed by atoms with E-state index in [4.69, 9.17) is 0 Å². The maximum absolute atomic E-state index is 13.7. The zero-order chi connectivity index (χ0) is 39.5. The Balaban J connectivity index is 0.0000146. The fraction of sp³-hybridized carbons (Fsp3) is 0.706. The summed E-state index contributed by atoms with van der Waals surface area (Å²) in [6.07, 6.45) is 4.97. The van der Waals surface area contributed by atoms with Gasteiger partial charge >= 0.3 is 17.9 Å². The second kappa shape index (κ2) is 26.3. The Morgan fingerprint density at radius 1 is 0.759 bits per heavy atom. The molecule has 0 unspecified atom stereocenters. The first-order valence-corrected chi connectivity index (χ1v) is 19.2. The zero-order valence-corrected chi connectivity index (χ0v) is 34.3. The number of hydrogen-bond acceptors (Lipinski definition) is 13. The molecule has 0 aromatic rings. The number of carbonyl (C=O) groups is 8. The first-order valence-electron chi connectivity index (χ1n) is 17.8. The van der Waals surface area contributed by atoms with E-state index < -0.39 is 53.5 Å². The van der Waals surface area contributed by atoms with Crippen molar-refractivity contribution < 1.29 is 93.6 Å². The van der Waals surface area contributed by atoms with E-state index >= 15 is 0 Å². The molecule has 0 aliphatic carbocycles. The SMILES string of the molecule is CC[C@H](C)[C@H](CC(=O)[C@H](CCSC)NC(=O)CN1CCN(CC(=O)O)CCN(CC(=O)O)CCN(CC(=O)O)CC1)C(=O)NCCN1C(=O)C=CC1=O.[Gd]. The number of rotatable bonds is 21. The molecule has 2 rings (SSSR count). The monoisotopic (exact) mass is 927 g/mol. The van der Waals surface area contributed by atoms with Gasteiger partial charge in [-0.2, -0.15) is 11.8 Å². The van der Waals surface area contributed by atoms with Crippen LogP contribution in [0.3, 0.4) is 0 Å². The van der Waals surface area contributed by atoms with E-state index in [1.807, 2.05) is 20.1 Å². The van der Waals surface area contributed by atoms with Crippen LogP contribution in [-0.4, -0.2) is 197 Å². The number of aliphatic carboxylic acids is 3. The van der Waals surface area contributed by atoms with Crippen molar-refractivity contribution >= 4 is 59.1 Å². The molecule has 0 spiro atoms. The standard InChI is InChI=1S/C34H55N7O11S.Gd/c1-4-24(2)25(34(52)35-8-9-41-29(44)5-6-30(41)45)19-27(42)26(7-18-53-3)36-28(43)20-37-10-12-38(21-31(46)47)14-16-40(23-33(50)51)17-15-39(13-11-37)22-32(48)49;/h5-6,24-26H,4,7-23H2,1-3H3,(H,35,52)(H,36,43)(H,46,47)(H,48,49)(H,50,51);/t24-,25-,26-;/m0./s1. The van der Waals surface area contributed by atoms with Crippen molar-refractivity contribution in [2.75, 3.05) is 104 Å². The Morgan fingerprint density at radius 3 is 1.57 bits per heavy atom. The van der Waals surface area contributed by atoms with Crippen LogP contribution in [0.4, 0.5) is 0 Å². The Hall–Kier alpha value is -2.59. The maximum Gasteiger partial charge on any atom is 0.317 e. The van der Waals surface area contributed by atoms with Gasteiger partial charge in [-0.05, 0) is 24.3 Å². The quantitative estimate of drug-likeness (QED) is 0.0813. The zero-order valence-electron chi connectivity index (χ0n) is 31.2. The van der Waals surface area contributed by atoms with Crippen molar-refractivity contribution in [1.29, 1.82) is 0 Å². The molecule has 0 saturated carbocycles. The topological polar surface area (TPSA) is 238 Å². The molecule has 5 N–H and O–H groups in total. The number of thioether (sulfide) groups is 1. The number of nitrogens with one attached hydrogen (secondary N) is 2. The number of carboxylic acid groups (broad SMARTS) is 3. The van der Waals surface area contributed by atoms with E-state index in [-0.39, 0.29) is 150 Å². The summed E-state index contributed by atoms with van der Waals surface area (Å²) in [5.41, 5.74) is 0. The number of imide groups is 1. The van der Waals surface area contributed by atoms with Crippen molar-refractivity contribution in [3.63, 3.8) is 0 Å². The predicted molar refractivity (Wildman–Crippen MR) is 195 cm³/mol. The molecule has 306 valence electrons. The number of carboxylic acids is 3. The summed E-state index contributed by atoms with van der Waals surface area (Å²) >= 11 is 1.49. The average Bonchev–Trinajstić information content (AvgIpc) is 3.41. The third-order valence-corrected chi connectivity index (χ3v) is 9.98. The summed E-state index contributed by atoms with van der Waals surface area (Å²) in [5, 5.41) is 33.9. The Morgan fingerprint density at radius 2 is 1.19 bits per heavy atom. The normalized spacial score (nSPS) is 18.5. The van der Waals surface area contributed by atoms with Crippen molar-refractivity contribution in [2.24, 2.45) is 11.8 Å². The van der Waals surface area contributed by atoms with Crippen LogP contribution in [0, 0.1) is 51.8 Å². The number of hydrogen-bond donors (Lipinski definition) is 5. The molecule has 18 nitrogen and oxygen atoms in total. The summed E-state index contributed by atoms with van der Waals surface area (Å²) < 4.78 is 0. The number of nitrogens with zero attached hydrogens (tertiary/aromatic N) is 5. The number of Topliss-reactive ketones (excluding diaryl/α,β-unsaturated/α-hetero) is 1. The fourth-order valence-corrected chi connectivity index (χ4v) is 6.52. The van der Waals surface area contributed by atoms with Crippen LogP contribution >= 0.6 is 11.8 Å². The van der Waals surface area contributed by atoms with Gasteiger partial charge in [0.05, 0.1) is 32.2 Å². The van der Waals surface area contributed by atoms with Gasteiger partial charge in [0.25, 0.3) is 11.8 Å². The summed E-state index contributed by atoms with van der Waals surface area (Å²) in [7, 11) is 0. The van der Waals surface area contributed by atoms with Gasteiger partial charge in [0.15, 0.2) is 5.78 Å². The van der Waals surface area contributed by atoms with Gasteiger partial charge in [0, 0.05) is 130 Å². The van der Waals surface area contributed by atoms with E-state index in [9.17, 15) is 53.7 Å². The van der Waals surface area contributed by atoms with Gasteiger partial charge in [0.1, 0.15) is 0 Å². The van der Waals surface area contributed by atoms with Crippen LogP contribution in [0.2, 0.25) is 0 Å². The predicted octanol–water partition coefficient (Wildman–Crippen LogP) is -1.64. The van der Waals surface area contributed by atoms with Crippen molar-refractivity contribution in [1.82, 2.24) is 35.1 Å². The van der Waals surface area contributed by atoms with Crippen molar-refractivity contribution in [3.05, 3.63) is 12.2 Å². The number of amides is 4. The van der Waals surface area contributed by atoms with Crippen molar-refractivity contribution in [2.45, 2.75) is 39.2 Å². The Labute approximate surface area is 352 Å². The third kappa shape index (κ3) is 18.8. The summed E-state index contributed by atoms with van der Waals surface area (Å²) in [4.78, 5) is 107. The molecule has 0 aromatic carbocycles. The van der Waals surface area contributed by atoms with Gasteiger partial charge in [-0.3, -0.25) is 62.9 Å². The van der Waals surface area contributed by atoms with E-state index in [0.717, 1.165) is 17.1 Å². The molecule has 4 amide bonds. The summed E-state index contributed by atoms with van der Waals surface area (Å²) in [5.74, 6) is -5.62. The van der Waals surface area contributed by atoms with Crippen LogP contribution in [0.15, 0.2) is 12.2 Å². The largest absolute Gasteiger partial charge is 0.480 e.